The van der Waals surface area contributed by atoms with E-state index in [1.54, 1.807) is 0 Å². The Hall–Kier alpha value is -3.65. The molecule has 0 aliphatic carbocycles. The molecule has 0 N–H and O–H groups in total. The van der Waals surface area contributed by atoms with Crippen LogP contribution in [-0.2, 0) is 0 Å². The van der Waals surface area contributed by atoms with Crippen LogP contribution in [0.4, 0.5) is 11.4 Å². The fraction of sp³-hybridized carbons (Fsp3) is 0.333. The molecule has 0 saturated heterocycles. The Morgan fingerprint density at radius 2 is 0.976 bits per heavy atom. The zero-order chi connectivity index (χ0) is 29.3. The first-order valence-corrected chi connectivity index (χ1v) is 15.3. The Morgan fingerprint density at radius 1 is 0.537 bits per heavy atom. The van der Waals surface area contributed by atoms with Gasteiger partial charge in [0, 0.05) is 27.8 Å². The molecule has 1 aliphatic rings. The molecular weight excluding hydrogens is 496 g/mol. The highest BCUT2D eigenvalue weighted by Gasteiger charge is 2.48. The van der Waals surface area contributed by atoms with Crippen LogP contribution in [0.25, 0.3) is 0 Å². The number of amidine groups is 1. The molecule has 0 fully saturated rings. The molecule has 1 heterocycles. The van der Waals surface area contributed by atoms with Crippen LogP contribution in [0.1, 0.15) is 118 Å². The Bertz CT molecular complexity index is 1460. The van der Waals surface area contributed by atoms with Crippen molar-refractivity contribution in [2.24, 2.45) is 0 Å². The molecular formula is C39H45N2+. The molecule has 0 amide bonds. The van der Waals surface area contributed by atoms with Crippen molar-refractivity contribution in [3.05, 3.63) is 137 Å². The molecule has 4 aromatic rings. The van der Waals surface area contributed by atoms with Gasteiger partial charge in [-0.3, -0.25) is 0 Å². The molecule has 5 rings (SSSR count). The highest BCUT2D eigenvalue weighted by atomic mass is 15.3. The van der Waals surface area contributed by atoms with E-state index in [0.29, 0.717) is 23.7 Å². The number of para-hydroxylation sites is 2. The quantitative estimate of drug-likeness (QED) is 0.201. The van der Waals surface area contributed by atoms with Crippen molar-refractivity contribution in [2.45, 2.75) is 85.1 Å². The van der Waals surface area contributed by atoms with E-state index in [1.807, 2.05) is 0 Å². The van der Waals surface area contributed by atoms with Gasteiger partial charge in [0.15, 0.2) is 6.04 Å². The first-order valence-electron chi connectivity index (χ1n) is 15.3. The van der Waals surface area contributed by atoms with E-state index < -0.39 is 0 Å². The number of hydrogen-bond donors (Lipinski definition) is 0. The van der Waals surface area contributed by atoms with Gasteiger partial charge in [-0.25, -0.2) is 9.48 Å². The Kier molecular flexibility index (Phi) is 8.50. The summed E-state index contributed by atoms with van der Waals surface area (Å²) >= 11 is 0. The Labute approximate surface area is 248 Å². The van der Waals surface area contributed by atoms with Gasteiger partial charge < -0.3 is 0 Å². The maximum absolute atomic E-state index is 4.07. The lowest BCUT2D eigenvalue weighted by atomic mass is 9.90. The number of anilines is 1. The summed E-state index contributed by atoms with van der Waals surface area (Å²) in [7, 11) is 0. The lowest BCUT2D eigenvalue weighted by molar-refractivity contribution is -0.391. The molecule has 4 aromatic carbocycles. The van der Waals surface area contributed by atoms with Crippen LogP contribution >= 0.6 is 0 Å². The van der Waals surface area contributed by atoms with Gasteiger partial charge in [0.05, 0.1) is 5.56 Å². The van der Waals surface area contributed by atoms with Gasteiger partial charge in [0.2, 0.25) is 0 Å². The Morgan fingerprint density at radius 3 is 1.44 bits per heavy atom. The van der Waals surface area contributed by atoms with E-state index in [4.69, 9.17) is 0 Å². The number of hydrogen-bond acceptors (Lipinski definition) is 1. The van der Waals surface area contributed by atoms with Crippen LogP contribution < -0.4 is 4.90 Å². The molecule has 2 nitrogen and oxygen atoms in total. The third-order valence-corrected chi connectivity index (χ3v) is 8.25. The second-order valence-corrected chi connectivity index (χ2v) is 12.5. The molecule has 1 aliphatic heterocycles. The molecule has 2 heteroatoms. The molecule has 2 radical (unpaired) electrons. The SMILES string of the molecule is CC(C)c1cccc(C(C)C)c1N1C(c2ccccc2)=[N+](c2c(C(C)C)cccc2C(C)C)[C]C1c1ccccc1. The minimum Gasteiger partial charge on any atom is -0.214 e. The van der Waals surface area contributed by atoms with Crippen LogP contribution in [-0.4, -0.2) is 10.4 Å². The monoisotopic (exact) mass is 541 g/mol. The highest BCUT2D eigenvalue weighted by Crippen LogP contribution is 2.47. The van der Waals surface area contributed by atoms with Crippen molar-refractivity contribution < 1.29 is 4.58 Å². The van der Waals surface area contributed by atoms with Gasteiger partial charge in [0.1, 0.15) is 11.4 Å². The smallest absolute Gasteiger partial charge is 0.214 e. The summed E-state index contributed by atoms with van der Waals surface area (Å²) in [4.78, 5) is 2.59. The molecule has 0 saturated carbocycles. The normalized spacial score (nSPS) is 15.7. The molecule has 210 valence electrons. The maximum atomic E-state index is 4.07. The van der Waals surface area contributed by atoms with Crippen molar-refractivity contribution >= 4 is 17.2 Å². The fourth-order valence-corrected chi connectivity index (χ4v) is 6.15. The molecule has 0 spiro atoms. The van der Waals surface area contributed by atoms with Crippen molar-refractivity contribution in [3.8, 4) is 0 Å². The number of benzene rings is 4. The third kappa shape index (κ3) is 5.49. The van der Waals surface area contributed by atoms with Crippen LogP contribution in [0.5, 0.6) is 0 Å². The summed E-state index contributed by atoms with van der Waals surface area (Å²) in [5, 5.41) is 0. The lowest BCUT2D eigenvalue weighted by Crippen LogP contribution is -2.34. The Balaban J connectivity index is 1.94. The van der Waals surface area contributed by atoms with Crippen molar-refractivity contribution in [1.82, 2.24) is 0 Å². The van der Waals surface area contributed by atoms with Crippen molar-refractivity contribution in [2.75, 3.05) is 4.90 Å². The first-order chi connectivity index (χ1) is 19.7. The lowest BCUT2D eigenvalue weighted by Gasteiger charge is -2.27. The molecule has 1 atom stereocenters. The topological polar surface area (TPSA) is 6.25 Å². The van der Waals surface area contributed by atoms with Crippen molar-refractivity contribution in [1.29, 1.82) is 0 Å². The predicted octanol–water partition coefficient (Wildman–Crippen LogP) is 10.6. The molecule has 41 heavy (non-hydrogen) atoms. The van der Waals surface area contributed by atoms with Crippen LogP contribution in [0.15, 0.2) is 97.1 Å². The second kappa shape index (κ2) is 12.1. The predicted molar refractivity (Wildman–Crippen MR) is 175 cm³/mol. The average molecular weight is 542 g/mol. The van der Waals surface area contributed by atoms with Gasteiger partial charge in [-0.2, -0.15) is 0 Å². The van der Waals surface area contributed by atoms with Gasteiger partial charge in [-0.05, 0) is 35.8 Å². The van der Waals surface area contributed by atoms with Crippen molar-refractivity contribution in [3.63, 3.8) is 0 Å². The van der Waals surface area contributed by atoms with Gasteiger partial charge >= 0.3 is 0 Å². The minimum absolute atomic E-state index is 0.0796. The molecule has 1 unspecified atom stereocenters. The maximum Gasteiger partial charge on any atom is 0.291 e. The average Bonchev–Trinajstić information content (AvgIpc) is 3.37. The molecule has 0 aromatic heterocycles. The second-order valence-electron chi connectivity index (χ2n) is 12.5. The largest absolute Gasteiger partial charge is 0.291 e. The van der Waals surface area contributed by atoms with E-state index in [1.165, 1.54) is 50.6 Å². The first kappa shape index (κ1) is 28.9. The van der Waals surface area contributed by atoms with Crippen LogP contribution in [0.2, 0.25) is 0 Å². The number of nitrogens with zero attached hydrogens (tertiary/aromatic N) is 2. The minimum atomic E-state index is -0.0796. The standard InChI is InChI=1S/C39H45N2/c1-26(2)32-21-15-22-33(27(3)4)37(32)40-25-36(30-17-11-9-12-18-30)41(39(40)31-19-13-10-14-20-31)38-34(28(5)6)23-16-24-35(38)29(7)8/h9-24,26-29,36H,1-8H3/q+1. The van der Waals surface area contributed by atoms with Gasteiger partial charge in [0.25, 0.3) is 12.4 Å². The van der Waals surface area contributed by atoms with E-state index >= 15 is 0 Å². The van der Waals surface area contributed by atoms with E-state index in [2.05, 4.69) is 168 Å². The number of rotatable bonds is 8. The zero-order valence-corrected chi connectivity index (χ0v) is 26.0. The summed E-state index contributed by atoms with van der Waals surface area (Å²) in [6.07, 6.45) is 0. The third-order valence-electron chi connectivity index (χ3n) is 8.25. The van der Waals surface area contributed by atoms with Crippen LogP contribution in [0, 0.1) is 6.54 Å². The van der Waals surface area contributed by atoms with Crippen LogP contribution in [0.3, 0.4) is 0 Å². The summed E-state index contributed by atoms with van der Waals surface area (Å²) in [6, 6.07) is 35.5. The van der Waals surface area contributed by atoms with E-state index in [0.717, 1.165) is 0 Å². The summed E-state index contributed by atoms with van der Waals surface area (Å²) in [6.45, 7) is 22.5. The zero-order valence-electron chi connectivity index (χ0n) is 26.0. The van der Waals surface area contributed by atoms with Gasteiger partial charge in [-0.15, -0.1) is 0 Å². The highest BCUT2D eigenvalue weighted by molar-refractivity contribution is 6.10. The summed E-state index contributed by atoms with van der Waals surface area (Å²) in [5.74, 6) is 2.67. The summed E-state index contributed by atoms with van der Waals surface area (Å²) < 4.78 is 2.42. The van der Waals surface area contributed by atoms with E-state index in [9.17, 15) is 0 Å². The van der Waals surface area contributed by atoms with E-state index in [-0.39, 0.29) is 6.04 Å². The fourth-order valence-electron chi connectivity index (χ4n) is 6.15. The summed E-state index contributed by atoms with van der Waals surface area (Å²) in [5.41, 5.74) is 10.5. The van der Waals surface area contributed by atoms with Gasteiger partial charge in [-0.1, -0.05) is 140 Å². The molecule has 0 bridgehead atoms.